The zero-order chi connectivity index (χ0) is 27.9. The molecule has 0 aliphatic carbocycles. The molecule has 0 bridgehead atoms. The monoisotopic (exact) mass is 527 g/mol. The summed E-state index contributed by atoms with van der Waals surface area (Å²) in [6.07, 6.45) is 4.90. The lowest BCUT2D eigenvalue weighted by atomic mass is 10.0. The summed E-state index contributed by atoms with van der Waals surface area (Å²) < 4.78 is 11.5. The number of likely N-dealkylation sites (tertiary alicyclic amines) is 1. The standard InChI is InChI=1S/C29H45N5O4/c1-7-9-22(13-15-35)32-26-23(19(2)31-28(30)33-26)17-21-12-11-20(16-25(21)37-6)18-34-14-8-10-24(34)27(36)38-29(3,4)5/h11-12,16,22,24,35H,7-10,13-15,17-18H2,1-6H3,(H3,30,31,32,33)/t22-,24+/m0/s1. The van der Waals surface area contributed by atoms with Crippen molar-refractivity contribution in [1.82, 2.24) is 14.9 Å². The van der Waals surface area contributed by atoms with Crippen molar-refractivity contribution in [2.75, 3.05) is 31.3 Å². The predicted molar refractivity (Wildman–Crippen MR) is 150 cm³/mol. The van der Waals surface area contributed by atoms with Crippen LogP contribution < -0.4 is 15.8 Å². The first-order chi connectivity index (χ1) is 18.0. The molecule has 2 aromatic rings. The molecule has 4 N–H and O–H groups in total. The number of carbonyl (C=O) groups excluding carboxylic acids is 1. The van der Waals surface area contributed by atoms with E-state index in [2.05, 4.69) is 39.2 Å². The molecule has 2 heterocycles. The number of nitrogens with two attached hydrogens (primary N) is 1. The van der Waals surface area contributed by atoms with Crippen LogP contribution in [0.5, 0.6) is 5.75 Å². The van der Waals surface area contributed by atoms with Gasteiger partial charge in [-0.25, -0.2) is 4.98 Å². The third-order valence-electron chi connectivity index (χ3n) is 6.83. The van der Waals surface area contributed by atoms with Gasteiger partial charge in [-0.1, -0.05) is 25.5 Å². The Labute approximate surface area is 227 Å². The lowest BCUT2D eigenvalue weighted by Crippen LogP contribution is -2.40. The molecule has 1 aliphatic rings. The summed E-state index contributed by atoms with van der Waals surface area (Å²) in [6, 6.07) is 6.09. The molecule has 0 unspecified atom stereocenters. The highest BCUT2D eigenvalue weighted by Gasteiger charge is 2.34. The molecule has 210 valence electrons. The van der Waals surface area contributed by atoms with Gasteiger partial charge >= 0.3 is 5.97 Å². The van der Waals surface area contributed by atoms with Crippen LogP contribution in [0, 0.1) is 6.92 Å². The zero-order valence-corrected chi connectivity index (χ0v) is 23.8. The van der Waals surface area contributed by atoms with E-state index in [9.17, 15) is 9.90 Å². The van der Waals surface area contributed by atoms with Crippen molar-refractivity contribution in [3.63, 3.8) is 0 Å². The number of hydrogen-bond acceptors (Lipinski definition) is 9. The summed E-state index contributed by atoms with van der Waals surface area (Å²) in [5, 5.41) is 13.0. The van der Waals surface area contributed by atoms with Crippen molar-refractivity contribution in [2.24, 2.45) is 0 Å². The van der Waals surface area contributed by atoms with E-state index in [0.717, 1.165) is 60.4 Å². The van der Waals surface area contributed by atoms with Gasteiger partial charge in [0.05, 0.1) is 7.11 Å². The maximum Gasteiger partial charge on any atom is 0.323 e. The van der Waals surface area contributed by atoms with Gasteiger partial charge in [-0.15, -0.1) is 0 Å². The molecule has 2 atom stereocenters. The summed E-state index contributed by atoms with van der Waals surface area (Å²) >= 11 is 0. The van der Waals surface area contributed by atoms with Gasteiger partial charge in [0.25, 0.3) is 0 Å². The number of nitrogens with zero attached hydrogens (tertiary/aromatic N) is 3. The first-order valence-electron chi connectivity index (χ1n) is 13.7. The van der Waals surface area contributed by atoms with E-state index in [1.54, 1.807) is 7.11 Å². The molecule has 1 aromatic carbocycles. The van der Waals surface area contributed by atoms with Gasteiger partial charge in [-0.05, 0) is 77.1 Å². The van der Waals surface area contributed by atoms with Crippen molar-refractivity contribution in [1.29, 1.82) is 0 Å². The fourth-order valence-corrected chi connectivity index (χ4v) is 5.05. The second-order valence-corrected chi connectivity index (χ2v) is 11.1. The number of hydrogen-bond donors (Lipinski definition) is 3. The van der Waals surface area contributed by atoms with Gasteiger partial charge in [0.1, 0.15) is 23.2 Å². The van der Waals surface area contributed by atoms with Crippen LogP contribution >= 0.6 is 0 Å². The summed E-state index contributed by atoms with van der Waals surface area (Å²) in [7, 11) is 1.67. The molecular formula is C29H45N5O4. The molecule has 3 rings (SSSR count). The lowest BCUT2D eigenvalue weighted by Gasteiger charge is -2.27. The number of aryl methyl sites for hydroxylation is 1. The number of benzene rings is 1. The van der Waals surface area contributed by atoms with Crippen molar-refractivity contribution in [3.05, 3.63) is 40.6 Å². The summed E-state index contributed by atoms with van der Waals surface area (Å²) in [4.78, 5) is 23.9. The van der Waals surface area contributed by atoms with Gasteiger partial charge in [0, 0.05) is 36.9 Å². The number of anilines is 2. The number of esters is 1. The minimum absolute atomic E-state index is 0.0973. The average Bonchev–Trinajstić information content (AvgIpc) is 3.29. The van der Waals surface area contributed by atoms with Crippen LogP contribution in [0.25, 0.3) is 0 Å². The first kappa shape index (κ1) is 29.6. The third-order valence-corrected chi connectivity index (χ3v) is 6.83. The van der Waals surface area contributed by atoms with E-state index in [1.807, 2.05) is 33.8 Å². The maximum absolute atomic E-state index is 12.8. The number of aliphatic hydroxyl groups is 1. The van der Waals surface area contributed by atoms with Gasteiger partial charge in [0.15, 0.2) is 0 Å². The normalized spacial score (nSPS) is 16.9. The zero-order valence-electron chi connectivity index (χ0n) is 23.8. The van der Waals surface area contributed by atoms with Crippen LogP contribution in [-0.2, 0) is 22.5 Å². The number of aliphatic hydroxyl groups excluding tert-OH is 1. The Morgan fingerprint density at radius 2 is 2.05 bits per heavy atom. The smallest absolute Gasteiger partial charge is 0.323 e. The van der Waals surface area contributed by atoms with Gasteiger partial charge in [-0.3, -0.25) is 9.69 Å². The fraction of sp³-hybridized carbons (Fsp3) is 0.621. The van der Waals surface area contributed by atoms with Crippen LogP contribution in [0.3, 0.4) is 0 Å². The molecule has 0 saturated carbocycles. The van der Waals surface area contributed by atoms with E-state index < -0.39 is 5.60 Å². The first-order valence-corrected chi connectivity index (χ1v) is 13.7. The number of methoxy groups -OCH3 is 1. The third kappa shape index (κ3) is 8.04. The highest BCUT2D eigenvalue weighted by Crippen LogP contribution is 2.30. The Kier molecular flexibility index (Phi) is 10.3. The van der Waals surface area contributed by atoms with Crippen LogP contribution in [0.1, 0.15) is 82.2 Å². The van der Waals surface area contributed by atoms with Gasteiger partial charge in [-0.2, -0.15) is 4.98 Å². The molecule has 9 nitrogen and oxygen atoms in total. The second-order valence-electron chi connectivity index (χ2n) is 11.1. The van der Waals surface area contributed by atoms with Gasteiger partial charge in [0.2, 0.25) is 5.95 Å². The van der Waals surface area contributed by atoms with E-state index in [0.29, 0.717) is 25.2 Å². The SMILES string of the molecule is CCC[C@@H](CCO)Nc1nc(N)nc(C)c1Cc1ccc(CN2CCC[C@@H]2C(=O)OC(C)(C)C)cc1OC. The van der Waals surface area contributed by atoms with Crippen molar-refractivity contribution in [2.45, 2.75) is 97.4 Å². The highest BCUT2D eigenvalue weighted by molar-refractivity contribution is 5.76. The number of rotatable bonds is 12. The minimum Gasteiger partial charge on any atom is -0.496 e. The largest absolute Gasteiger partial charge is 0.496 e. The topological polar surface area (TPSA) is 123 Å². The second kappa shape index (κ2) is 13.2. The summed E-state index contributed by atoms with van der Waals surface area (Å²) in [5.74, 6) is 1.55. The van der Waals surface area contributed by atoms with E-state index >= 15 is 0 Å². The summed E-state index contributed by atoms with van der Waals surface area (Å²) in [5.41, 5.74) is 9.34. The lowest BCUT2D eigenvalue weighted by molar-refractivity contribution is -0.160. The molecule has 0 spiro atoms. The van der Waals surface area contributed by atoms with Crippen LogP contribution in [-0.4, -0.2) is 63.9 Å². The van der Waals surface area contributed by atoms with E-state index in [4.69, 9.17) is 15.2 Å². The Morgan fingerprint density at radius 1 is 1.29 bits per heavy atom. The van der Waals surface area contributed by atoms with Crippen molar-refractivity contribution in [3.8, 4) is 5.75 Å². The van der Waals surface area contributed by atoms with Gasteiger partial charge < -0.3 is 25.6 Å². The average molecular weight is 528 g/mol. The maximum atomic E-state index is 12.8. The molecule has 1 fully saturated rings. The number of aromatic nitrogens is 2. The molecule has 1 saturated heterocycles. The Hall–Kier alpha value is -2.91. The predicted octanol–water partition coefficient (Wildman–Crippen LogP) is 4.24. The molecule has 1 aromatic heterocycles. The highest BCUT2D eigenvalue weighted by atomic mass is 16.6. The molecule has 0 amide bonds. The van der Waals surface area contributed by atoms with E-state index in [-0.39, 0.29) is 30.6 Å². The Balaban J connectivity index is 1.81. The Morgan fingerprint density at radius 3 is 2.71 bits per heavy atom. The number of nitrogens with one attached hydrogen (secondary N) is 1. The minimum atomic E-state index is -0.497. The molecule has 1 aliphatic heterocycles. The fourth-order valence-electron chi connectivity index (χ4n) is 5.05. The Bertz CT molecular complexity index is 1080. The van der Waals surface area contributed by atoms with E-state index in [1.165, 1.54) is 0 Å². The molecular weight excluding hydrogens is 482 g/mol. The van der Waals surface area contributed by atoms with Crippen LogP contribution in [0.2, 0.25) is 0 Å². The number of carbonyl (C=O) groups is 1. The molecule has 9 heteroatoms. The molecule has 0 radical (unpaired) electrons. The summed E-state index contributed by atoms with van der Waals surface area (Å²) in [6.45, 7) is 11.4. The van der Waals surface area contributed by atoms with Crippen molar-refractivity contribution >= 4 is 17.7 Å². The molecule has 38 heavy (non-hydrogen) atoms. The van der Waals surface area contributed by atoms with Crippen molar-refractivity contribution < 1.29 is 19.4 Å². The number of nitrogen functional groups attached to an aromatic ring is 1. The van der Waals surface area contributed by atoms with Crippen LogP contribution in [0.4, 0.5) is 11.8 Å². The quantitative estimate of drug-likeness (QED) is 0.348. The van der Waals surface area contributed by atoms with Crippen LogP contribution in [0.15, 0.2) is 18.2 Å². The number of ether oxygens (including phenoxy) is 2.